The Labute approximate surface area is 126 Å². The summed E-state index contributed by atoms with van der Waals surface area (Å²) in [6.07, 6.45) is 15.6. The van der Waals surface area contributed by atoms with Gasteiger partial charge in [-0.25, -0.2) is 0 Å². The highest BCUT2D eigenvalue weighted by atomic mass is 16.2. The molecule has 1 rings (SSSR count). The van der Waals surface area contributed by atoms with E-state index >= 15 is 0 Å². The molecule has 0 aromatic rings. The lowest BCUT2D eigenvalue weighted by Gasteiger charge is -2.29. The highest BCUT2D eigenvalue weighted by molar-refractivity contribution is 5.78. The van der Waals surface area contributed by atoms with E-state index in [0.29, 0.717) is 5.91 Å². The minimum atomic E-state index is 0.244. The molecule has 1 heterocycles. The lowest BCUT2D eigenvalue weighted by Crippen LogP contribution is -2.38. The molecule has 0 bridgehead atoms. The molecule has 1 aliphatic rings. The van der Waals surface area contributed by atoms with E-state index in [1.807, 2.05) is 0 Å². The Hall–Kier alpha value is -0.530. The van der Waals surface area contributed by atoms with Crippen LogP contribution in [0.2, 0.25) is 0 Å². The highest BCUT2D eigenvalue weighted by Crippen LogP contribution is 2.17. The van der Waals surface area contributed by atoms with Crippen molar-refractivity contribution in [3.63, 3.8) is 0 Å². The SMILES string of the molecule is CCCCCCCCCCC(C)C(=O)N1CCCCC1. The predicted molar refractivity (Wildman–Crippen MR) is 86.8 cm³/mol. The van der Waals surface area contributed by atoms with Crippen molar-refractivity contribution < 1.29 is 4.79 Å². The van der Waals surface area contributed by atoms with Crippen LogP contribution in [-0.4, -0.2) is 23.9 Å². The van der Waals surface area contributed by atoms with Gasteiger partial charge in [-0.1, -0.05) is 65.2 Å². The van der Waals surface area contributed by atoms with Gasteiger partial charge in [0.1, 0.15) is 0 Å². The number of rotatable bonds is 10. The number of piperidine rings is 1. The molecule has 0 spiro atoms. The number of carbonyl (C=O) groups excluding carboxylic acids is 1. The zero-order valence-electron chi connectivity index (χ0n) is 13.8. The predicted octanol–water partition coefficient (Wildman–Crippen LogP) is 5.17. The van der Waals surface area contributed by atoms with E-state index in [1.165, 1.54) is 70.6 Å². The average molecular weight is 281 g/mol. The number of hydrogen-bond acceptors (Lipinski definition) is 1. The monoisotopic (exact) mass is 281 g/mol. The molecule has 0 radical (unpaired) electrons. The quantitative estimate of drug-likeness (QED) is 0.506. The first-order valence-corrected chi connectivity index (χ1v) is 9.04. The van der Waals surface area contributed by atoms with E-state index in [1.54, 1.807) is 0 Å². The zero-order chi connectivity index (χ0) is 14.6. The molecular weight excluding hydrogens is 246 g/mol. The fourth-order valence-corrected chi connectivity index (χ4v) is 3.13. The maximum atomic E-state index is 12.3. The van der Waals surface area contributed by atoms with Crippen LogP contribution in [0, 0.1) is 5.92 Å². The highest BCUT2D eigenvalue weighted by Gasteiger charge is 2.21. The molecule has 0 saturated carbocycles. The summed E-state index contributed by atoms with van der Waals surface area (Å²) in [5.41, 5.74) is 0. The van der Waals surface area contributed by atoms with Crippen LogP contribution in [-0.2, 0) is 4.79 Å². The van der Waals surface area contributed by atoms with Gasteiger partial charge in [-0.15, -0.1) is 0 Å². The second kappa shape index (κ2) is 11.2. The largest absolute Gasteiger partial charge is 0.342 e. The molecule has 2 nitrogen and oxygen atoms in total. The van der Waals surface area contributed by atoms with E-state index in [9.17, 15) is 4.79 Å². The number of carbonyl (C=O) groups is 1. The molecule has 1 unspecified atom stereocenters. The van der Waals surface area contributed by atoms with Crippen molar-refractivity contribution in [1.82, 2.24) is 4.90 Å². The van der Waals surface area contributed by atoms with Crippen LogP contribution < -0.4 is 0 Å². The first kappa shape index (κ1) is 17.5. The van der Waals surface area contributed by atoms with Gasteiger partial charge in [0, 0.05) is 19.0 Å². The fraction of sp³-hybridized carbons (Fsp3) is 0.944. The minimum absolute atomic E-state index is 0.244. The van der Waals surface area contributed by atoms with Crippen LogP contribution in [0.5, 0.6) is 0 Å². The molecule has 0 aromatic heterocycles. The Morgan fingerprint density at radius 2 is 1.45 bits per heavy atom. The molecule has 1 saturated heterocycles. The van der Waals surface area contributed by atoms with Crippen molar-refractivity contribution in [2.45, 2.75) is 90.9 Å². The number of amides is 1. The lowest BCUT2D eigenvalue weighted by molar-refractivity contribution is -0.136. The van der Waals surface area contributed by atoms with Crippen LogP contribution in [0.3, 0.4) is 0 Å². The van der Waals surface area contributed by atoms with E-state index in [-0.39, 0.29) is 5.92 Å². The van der Waals surface area contributed by atoms with E-state index in [4.69, 9.17) is 0 Å². The summed E-state index contributed by atoms with van der Waals surface area (Å²) >= 11 is 0. The smallest absolute Gasteiger partial charge is 0.225 e. The second-order valence-corrected chi connectivity index (χ2v) is 6.55. The maximum Gasteiger partial charge on any atom is 0.225 e. The Morgan fingerprint density at radius 1 is 0.900 bits per heavy atom. The van der Waals surface area contributed by atoms with Crippen LogP contribution in [0.4, 0.5) is 0 Å². The van der Waals surface area contributed by atoms with Crippen LogP contribution in [0.1, 0.15) is 90.9 Å². The van der Waals surface area contributed by atoms with Crippen LogP contribution in [0.15, 0.2) is 0 Å². The molecule has 1 aliphatic heterocycles. The summed E-state index contributed by atoms with van der Waals surface area (Å²) in [7, 11) is 0. The fourth-order valence-electron chi connectivity index (χ4n) is 3.13. The molecule has 0 aromatic carbocycles. The topological polar surface area (TPSA) is 20.3 Å². The van der Waals surface area contributed by atoms with E-state index in [0.717, 1.165) is 19.5 Å². The standard InChI is InChI=1S/C18H35NO/c1-3-4-5-6-7-8-9-11-14-17(2)18(20)19-15-12-10-13-16-19/h17H,3-16H2,1-2H3. The van der Waals surface area contributed by atoms with E-state index < -0.39 is 0 Å². The first-order valence-electron chi connectivity index (χ1n) is 9.04. The third kappa shape index (κ3) is 7.31. The molecule has 1 amide bonds. The summed E-state index contributed by atoms with van der Waals surface area (Å²) < 4.78 is 0. The van der Waals surface area contributed by atoms with Crippen molar-refractivity contribution in [2.24, 2.45) is 5.92 Å². The van der Waals surface area contributed by atoms with Crippen molar-refractivity contribution in [3.8, 4) is 0 Å². The summed E-state index contributed by atoms with van der Waals surface area (Å²) in [4.78, 5) is 14.4. The Kier molecular flexibility index (Phi) is 9.78. The maximum absolute atomic E-state index is 12.3. The Balaban J connectivity index is 1.98. The molecule has 118 valence electrons. The van der Waals surface area contributed by atoms with Gasteiger partial charge >= 0.3 is 0 Å². The van der Waals surface area contributed by atoms with Crippen LogP contribution in [0.25, 0.3) is 0 Å². The molecule has 20 heavy (non-hydrogen) atoms. The van der Waals surface area contributed by atoms with Gasteiger partial charge < -0.3 is 4.90 Å². The average Bonchev–Trinajstić information content (AvgIpc) is 2.50. The molecule has 2 heteroatoms. The number of hydrogen-bond donors (Lipinski definition) is 0. The molecule has 1 fully saturated rings. The van der Waals surface area contributed by atoms with Gasteiger partial charge in [-0.2, -0.15) is 0 Å². The summed E-state index contributed by atoms with van der Waals surface area (Å²) in [5, 5.41) is 0. The molecule has 1 atom stereocenters. The first-order chi connectivity index (χ1) is 9.75. The Bertz CT molecular complexity index is 246. The van der Waals surface area contributed by atoms with Gasteiger partial charge in [-0.3, -0.25) is 4.79 Å². The van der Waals surface area contributed by atoms with Gasteiger partial charge in [0.15, 0.2) is 0 Å². The number of likely N-dealkylation sites (tertiary alicyclic amines) is 1. The molecule has 0 aliphatic carbocycles. The summed E-state index contributed by atoms with van der Waals surface area (Å²) in [5.74, 6) is 0.654. The van der Waals surface area contributed by atoms with Crippen molar-refractivity contribution in [3.05, 3.63) is 0 Å². The summed E-state index contributed by atoms with van der Waals surface area (Å²) in [6.45, 7) is 6.39. The van der Waals surface area contributed by atoms with Gasteiger partial charge in [0.2, 0.25) is 5.91 Å². The normalized spacial score (nSPS) is 17.2. The minimum Gasteiger partial charge on any atom is -0.342 e. The third-order valence-corrected chi connectivity index (χ3v) is 4.58. The van der Waals surface area contributed by atoms with Crippen molar-refractivity contribution in [2.75, 3.05) is 13.1 Å². The van der Waals surface area contributed by atoms with Crippen molar-refractivity contribution in [1.29, 1.82) is 0 Å². The number of nitrogens with zero attached hydrogens (tertiary/aromatic N) is 1. The van der Waals surface area contributed by atoms with Crippen LogP contribution >= 0.6 is 0 Å². The lowest BCUT2D eigenvalue weighted by atomic mass is 9.99. The molecular formula is C18H35NO. The second-order valence-electron chi connectivity index (χ2n) is 6.55. The zero-order valence-corrected chi connectivity index (χ0v) is 13.8. The number of unbranched alkanes of at least 4 members (excludes halogenated alkanes) is 7. The Morgan fingerprint density at radius 3 is 2.05 bits per heavy atom. The van der Waals surface area contributed by atoms with E-state index in [2.05, 4.69) is 18.7 Å². The van der Waals surface area contributed by atoms with Gasteiger partial charge in [0.25, 0.3) is 0 Å². The van der Waals surface area contributed by atoms with Crippen molar-refractivity contribution >= 4 is 5.91 Å². The molecule has 0 N–H and O–H groups in total. The summed E-state index contributed by atoms with van der Waals surface area (Å²) in [6, 6.07) is 0. The van der Waals surface area contributed by atoms with Gasteiger partial charge in [-0.05, 0) is 25.7 Å². The van der Waals surface area contributed by atoms with Gasteiger partial charge in [0.05, 0.1) is 0 Å². The third-order valence-electron chi connectivity index (χ3n) is 4.58.